The lowest BCUT2D eigenvalue weighted by molar-refractivity contribution is -0.131. The first kappa shape index (κ1) is 15.9. The Bertz CT molecular complexity index is 356. The van der Waals surface area contributed by atoms with Gasteiger partial charge in [-0.3, -0.25) is 9.69 Å². The number of hydrogen-bond acceptors (Lipinski definition) is 3. The average Bonchev–Trinajstić information content (AvgIpc) is 2.48. The second kappa shape index (κ2) is 8.08. The van der Waals surface area contributed by atoms with Crippen LogP contribution in [-0.4, -0.2) is 59.4 Å². The standard InChI is InChI=1S/C16H28N2OS/c1-3-20-12-11-17-9-6-7-15(13-17)16-8-4-5-10-18(16)14(2)19/h7,16H,3-6,8-13H2,1-2H3. The van der Waals surface area contributed by atoms with Crippen LogP contribution in [0.25, 0.3) is 0 Å². The van der Waals surface area contributed by atoms with E-state index in [9.17, 15) is 4.79 Å². The van der Waals surface area contributed by atoms with E-state index in [-0.39, 0.29) is 5.91 Å². The number of rotatable bonds is 5. The molecule has 1 atom stereocenters. The molecule has 2 aliphatic rings. The third-order valence-electron chi connectivity index (χ3n) is 4.35. The highest BCUT2D eigenvalue weighted by Gasteiger charge is 2.29. The van der Waals surface area contributed by atoms with Gasteiger partial charge in [0.1, 0.15) is 0 Å². The van der Waals surface area contributed by atoms with Gasteiger partial charge in [-0.1, -0.05) is 13.0 Å². The summed E-state index contributed by atoms with van der Waals surface area (Å²) in [4.78, 5) is 16.5. The highest BCUT2D eigenvalue weighted by atomic mass is 32.2. The molecule has 0 aliphatic carbocycles. The zero-order valence-electron chi connectivity index (χ0n) is 12.9. The number of carbonyl (C=O) groups excluding carboxylic acids is 1. The Morgan fingerprint density at radius 3 is 3.00 bits per heavy atom. The van der Waals surface area contributed by atoms with Crippen molar-refractivity contribution in [1.82, 2.24) is 9.80 Å². The number of nitrogens with zero attached hydrogens (tertiary/aromatic N) is 2. The first-order chi connectivity index (χ1) is 9.72. The first-order valence-corrected chi connectivity index (χ1v) is 9.14. The molecule has 114 valence electrons. The summed E-state index contributed by atoms with van der Waals surface area (Å²) in [5, 5.41) is 0. The summed E-state index contributed by atoms with van der Waals surface area (Å²) >= 11 is 2.02. The molecular formula is C16H28N2OS. The van der Waals surface area contributed by atoms with Crippen LogP contribution in [0.4, 0.5) is 0 Å². The van der Waals surface area contributed by atoms with Gasteiger partial charge in [-0.25, -0.2) is 0 Å². The van der Waals surface area contributed by atoms with Gasteiger partial charge in [-0.2, -0.15) is 11.8 Å². The van der Waals surface area contributed by atoms with Crippen LogP contribution < -0.4 is 0 Å². The van der Waals surface area contributed by atoms with Crippen molar-refractivity contribution in [3.63, 3.8) is 0 Å². The molecule has 1 unspecified atom stereocenters. The Morgan fingerprint density at radius 2 is 2.25 bits per heavy atom. The van der Waals surface area contributed by atoms with Gasteiger partial charge in [0, 0.05) is 38.9 Å². The van der Waals surface area contributed by atoms with Gasteiger partial charge in [0.15, 0.2) is 0 Å². The number of thioether (sulfide) groups is 1. The van der Waals surface area contributed by atoms with Crippen molar-refractivity contribution in [2.24, 2.45) is 0 Å². The summed E-state index contributed by atoms with van der Waals surface area (Å²) in [7, 11) is 0. The van der Waals surface area contributed by atoms with E-state index in [0.717, 1.165) is 25.9 Å². The molecule has 0 spiro atoms. The molecule has 0 aromatic heterocycles. The van der Waals surface area contributed by atoms with E-state index < -0.39 is 0 Å². The molecule has 0 bridgehead atoms. The lowest BCUT2D eigenvalue weighted by Crippen LogP contribution is -2.47. The maximum absolute atomic E-state index is 11.8. The van der Waals surface area contributed by atoms with Crippen molar-refractivity contribution < 1.29 is 4.79 Å². The third-order valence-corrected chi connectivity index (χ3v) is 5.23. The molecule has 0 aromatic rings. The Morgan fingerprint density at radius 1 is 1.40 bits per heavy atom. The zero-order valence-corrected chi connectivity index (χ0v) is 13.8. The summed E-state index contributed by atoms with van der Waals surface area (Å²) in [5.41, 5.74) is 1.49. The van der Waals surface area contributed by atoms with E-state index in [1.165, 1.54) is 43.0 Å². The van der Waals surface area contributed by atoms with Crippen molar-refractivity contribution in [2.75, 3.05) is 37.7 Å². The van der Waals surface area contributed by atoms with Crippen molar-refractivity contribution in [3.8, 4) is 0 Å². The number of piperidine rings is 1. The van der Waals surface area contributed by atoms with Crippen LogP contribution in [0.3, 0.4) is 0 Å². The molecule has 0 radical (unpaired) electrons. The molecule has 0 aromatic carbocycles. The topological polar surface area (TPSA) is 23.6 Å². The van der Waals surface area contributed by atoms with E-state index in [2.05, 4.69) is 22.8 Å². The zero-order chi connectivity index (χ0) is 14.4. The summed E-state index contributed by atoms with van der Waals surface area (Å²) in [6, 6.07) is 0.378. The van der Waals surface area contributed by atoms with Crippen LogP contribution >= 0.6 is 11.8 Å². The van der Waals surface area contributed by atoms with Gasteiger partial charge >= 0.3 is 0 Å². The Kier molecular flexibility index (Phi) is 6.43. The minimum atomic E-state index is 0.245. The summed E-state index contributed by atoms with van der Waals surface area (Å²) < 4.78 is 0. The predicted molar refractivity (Wildman–Crippen MR) is 87.2 cm³/mol. The minimum absolute atomic E-state index is 0.245. The van der Waals surface area contributed by atoms with Crippen molar-refractivity contribution >= 4 is 17.7 Å². The van der Waals surface area contributed by atoms with Crippen molar-refractivity contribution in [2.45, 2.75) is 45.6 Å². The lowest BCUT2D eigenvalue weighted by atomic mass is 9.92. The van der Waals surface area contributed by atoms with E-state index in [1.54, 1.807) is 6.92 Å². The molecular weight excluding hydrogens is 268 g/mol. The van der Waals surface area contributed by atoms with Crippen LogP contribution in [0.1, 0.15) is 39.5 Å². The largest absolute Gasteiger partial charge is 0.336 e. The molecule has 1 saturated heterocycles. The molecule has 0 saturated carbocycles. The normalized spacial score (nSPS) is 24.6. The van der Waals surface area contributed by atoms with Gasteiger partial charge in [-0.15, -0.1) is 0 Å². The maximum atomic E-state index is 11.8. The van der Waals surface area contributed by atoms with Crippen LogP contribution in [0.5, 0.6) is 0 Å². The third kappa shape index (κ3) is 4.26. The van der Waals surface area contributed by atoms with Crippen LogP contribution in [-0.2, 0) is 4.79 Å². The molecule has 1 amide bonds. The average molecular weight is 296 g/mol. The fourth-order valence-electron chi connectivity index (χ4n) is 3.30. The number of carbonyl (C=O) groups is 1. The quantitative estimate of drug-likeness (QED) is 0.576. The highest BCUT2D eigenvalue weighted by Crippen LogP contribution is 2.26. The number of likely N-dealkylation sites (tertiary alicyclic amines) is 1. The Hall–Kier alpha value is -0.480. The smallest absolute Gasteiger partial charge is 0.219 e. The number of hydrogen-bond donors (Lipinski definition) is 0. The molecule has 3 nitrogen and oxygen atoms in total. The highest BCUT2D eigenvalue weighted by molar-refractivity contribution is 7.99. The van der Waals surface area contributed by atoms with Gasteiger partial charge in [0.2, 0.25) is 5.91 Å². The van der Waals surface area contributed by atoms with E-state index in [0.29, 0.717) is 6.04 Å². The molecule has 0 N–H and O–H groups in total. The van der Waals surface area contributed by atoms with Crippen molar-refractivity contribution in [1.29, 1.82) is 0 Å². The molecule has 2 aliphatic heterocycles. The molecule has 4 heteroatoms. The Balaban J connectivity index is 1.93. The lowest BCUT2D eigenvalue weighted by Gasteiger charge is -2.39. The van der Waals surface area contributed by atoms with Gasteiger partial charge in [0.05, 0.1) is 6.04 Å². The molecule has 20 heavy (non-hydrogen) atoms. The van der Waals surface area contributed by atoms with E-state index in [1.807, 2.05) is 11.8 Å². The summed E-state index contributed by atoms with van der Waals surface area (Å²) in [6.45, 7) is 8.32. The SMILES string of the molecule is CCSCCN1CCC=C(C2CCCCN2C(C)=O)C1. The molecule has 1 fully saturated rings. The second-order valence-electron chi connectivity index (χ2n) is 5.76. The number of amides is 1. The second-order valence-corrected chi connectivity index (χ2v) is 7.16. The summed E-state index contributed by atoms with van der Waals surface area (Å²) in [6.07, 6.45) is 7.13. The van der Waals surface area contributed by atoms with Crippen LogP contribution in [0, 0.1) is 0 Å². The van der Waals surface area contributed by atoms with Gasteiger partial charge in [0.25, 0.3) is 0 Å². The monoisotopic (exact) mass is 296 g/mol. The minimum Gasteiger partial charge on any atom is -0.336 e. The first-order valence-electron chi connectivity index (χ1n) is 7.98. The van der Waals surface area contributed by atoms with Crippen LogP contribution in [0.2, 0.25) is 0 Å². The van der Waals surface area contributed by atoms with Gasteiger partial charge < -0.3 is 4.90 Å². The maximum Gasteiger partial charge on any atom is 0.219 e. The fourth-order valence-corrected chi connectivity index (χ4v) is 3.97. The van der Waals surface area contributed by atoms with Gasteiger partial charge in [-0.05, 0) is 37.0 Å². The molecule has 2 heterocycles. The van der Waals surface area contributed by atoms with Crippen molar-refractivity contribution in [3.05, 3.63) is 11.6 Å². The van der Waals surface area contributed by atoms with Crippen LogP contribution in [0.15, 0.2) is 11.6 Å². The molecule has 2 rings (SSSR count). The van der Waals surface area contributed by atoms with E-state index in [4.69, 9.17) is 0 Å². The summed E-state index contributed by atoms with van der Waals surface area (Å²) in [5.74, 6) is 2.68. The fraction of sp³-hybridized carbons (Fsp3) is 0.812. The Labute approximate surface area is 127 Å². The van der Waals surface area contributed by atoms with E-state index >= 15 is 0 Å². The predicted octanol–water partition coefficient (Wildman–Crippen LogP) is 2.77.